The summed E-state index contributed by atoms with van der Waals surface area (Å²) >= 11 is 0. The van der Waals surface area contributed by atoms with Gasteiger partial charge in [0, 0.05) is 31.2 Å². The second-order valence-electron chi connectivity index (χ2n) is 4.37. The first-order valence-electron chi connectivity index (χ1n) is 6.34. The van der Waals surface area contributed by atoms with Crippen LogP contribution in [-0.4, -0.2) is 9.97 Å². The third kappa shape index (κ3) is 3.37. The molecule has 0 atom stereocenters. The van der Waals surface area contributed by atoms with Crippen LogP contribution in [0.15, 0.2) is 36.7 Å². The van der Waals surface area contributed by atoms with Crippen LogP contribution in [-0.2, 0) is 19.5 Å². The molecular formula is C15H19N3. The molecule has 0 saturated heterocycles. The SMILES string of the molecule is CCc1cccnc1CNCc1ccc(C)nc1. The maximum Gasteiger partial charge on any atom is 0.0573 e. The molecule has 1 N–H and O–H groups in total. The lowest BCUT2D eigenvalue weighted by atomic mass is 10.1. The van der Waals surface area contributed by atoms with Crippen molar-refractivity contribution in [1.82, 2.24) is 15.3 Å². The second kappa shape index (κ2) is 6.26. The van der Waals surface area contributed by atoms with Crippen LogP contribution in [0.3, 0.4) is 0 Å². The number of hydrogen-bond acceptors (Lipinski definition) is 3. The van der Waals surface area contributed by atoms with Gasteiger partial charge in [0.25, 0.3) is 0 Å². The summed E-state index contributed by atoms with van der Waals surface area (Å²) in [7, 11) is 0. The van der Waals surface area contributed by atoms with Crippen LogP contribution in [0, 0.1) is 6.92 Å². The molecule has 0 radical (unpaired) electrons. The van der Waals surface area contributed by atoms with Crippen LogP contribution in [0.4, 0.5) is 0 Å². The number of hydrogen-bond donors (Lipinski definition) is 1. The summed E-state index contributed by atoms with van der Waals surface area (Å²) in [6.07, 6.45) is 4.79. The zero-order valence-electron chi connectivity index (χ0n) is 11.0. The molecule has 2 rings (SSSR count). The van der Waals surface area contributed by atoms with Gasteiger partial charge in [-0.05, 0) is 36.6 Å². The Morgan fingerprint density at radius 1 is 1.11 bits per heavy atom. The van der Waals surface area contributed by atoms with E-state index >= 15 is 0 Å². The molecule has 0 fully saturated rings. The third-order valence-electron chi connectivity index (χ3n) is 2.96. The van der Waals surface area contributed by atoms with Gasteiger partial charge in [0.1, 0.15) is 0 Å². The highest BCUT2D eigenvalue weighted by molar-refractivity contribution is 5.19. The molecule has 18 heavy (non-hydrogen) atoms. The largest absolute Gasteiger partial charge is 0.307 e. The normalized spacial score (nSPS) is 10.6. The summed E-state index contributed by atoms with van der Waals surface area (Å²) in [6, 6.07) is 8.27. The molecule has 0 aliphatic carbocycles. The Labute approximate surface area is 108 Å². The van der Waals surface area contributed by atoms with Gasteiger partial charge in [-0.15, -0.1) is 0 Å². The van der Waals surface area contributed by atoms with Gasteiger partial charge in [0.2, 0.25) is 0 Å². The molecule has 0 saturated carbocycles. The van der Waals surface area contributed by atoms with Crippen molar-refractivity contribution in [1.29, 1.82) is 0 Å². The average Bonchev–Trinajstić information content (AvgIpc) is 2.41. The minimum atomic E-state index is 0.803. The molecule has 0 aromatic carbocycles. The average molecular weight is 241 g/mol. The Bertz CT molecular complexity index is 491. The first kappa shape index (κ1) is 12.7. The van der Waals surface area contributed by atoms with Crippen molar-refractivity contribution in [3.05, 3.63) is 59.2 Å². The van der Waals surface area contributed by atoms with Gasteiger partial charge in [-0.1, -0.05) is 19.1 Å². The highest BCUT2D eigenvalue weighted by Gasteiger charge is 2.01. The number of rotatable bonds is 5. The van der Waals surface area contributed by atoms with E-state index in [4.69, 9.17) is 0 Å². The van der Waals surface area contributed by atoms with E-state index in [1.807, 2.05) is 31.5 Å². The first-order valence-corrected chi connectivity index (χ1v) is 6.34. The van der Waals surface area contributed by atoms with E-state index in [0.717, 1.165) is 30.9 Å². The van der Waals surface area contributed by atoms with E-state index < -0.39 is 0 Å². The molecule has 0 unspecified atom stereocenters. The van der Waals surface area contributed by atoms with Gasteiger partial charge >= 0.3 is 0 Å². The van der Waals surface area contributed by atoms with Gasteiger partial charge in [-0.3, -0.25) is 9.97 Å². The highest BCUT2D eigenvalue weighted by Crippen LogP contribution is 2.06. The Balaban J connectivity index is 1.90. The molecule has 3 nitrogen and oxygen atoms in total. The second-order valence-corrected chi connectivity index (χ2v) is 4.37. The molecule has 2 heterocycles. The minimum Gasteiger partial charge on any atom is -0.307 e. The number of aromatic nitrogens is 2. The highest BCUT2D eigenvalue weighted by atomic mass is 14.9. The fourth-order valence-electron chi connectivity index (χ4n) is 1.88. The van der Waals surface area contributed by atoms with E-state index in [0.29, 0.717) is 0 Å². The Kier molecular flexibility index (Phi) is 4.42. The lowest BCUT2D eigenvalue weighted by Gasteiger charge is -2.08. The van der Waals surface area contributed by atoms with Crippen molar-refractivity contribution in [2.24, 2.45) is 0 Å². The number of pyridine rings is 2. The van der Waals surface area contributed by atoms with Crippen LogP contribution < -0.4 is 5.32 Å². The Morgan fingerprint density at radius 3 is 2.72 bits per heavy atom. The Hall–Kier alpha value is -1.74. The summed E-state index contributed by atoms with van der Waals surface area (Å²) in [5.74, 6) is 0. The Morgan fingerprint density at radius 2 is 2.00 bits per heavy atom. The predicted octanol–water partition coefficient (Wildman–Crippen LogP) is 2.64. The summed E-state index contributed by atoms with van der Waals surface area (Å²) < 4.78 is 0. The maximum atomic E-state index is 4.42. The summed E-state index contributed by atoms with van der Waals surface area (Å²) in [5.41, 5.74) is 4.71. The lowest BCUT2D eigenvalue weighted by Crippen LogP contribution is -2.15. The van der Waals surface area contributed by atoms with Crippen molar-refractivity contribution in [3.8, 4) is 0 Å². The van der Waals surface area contributed by atoms with E-state index in [2.05, 4.69) is 34.3 Å². The van der Waals surface area contributed by atoms with Crippen molar-refractivity contribution < 1.29 is 0 Å². The molecule has 0 aliphatic rings. The molecule has 94 valence electrons. The standard InChI is InChI=1S/C15H19N3/c1-3-14-5-4-8-17-15(14)11-16-9-13-7-6-12(2)18-10-13/h4-8,10,16H,3,9,11H2,1-2H3. The summed E-state index contributed by atoms with van der Waals surface area (Å²) in [6.45, 7) is 5.79. The van der Waals surface area contributed by atoms with Crippen molar-refractivity contribution in [3.63, 3.8) is 0 Å². The molecule has 2 aromatic rings. The van der Waals surface area contributed by atoms with Crippen LogP contribution >= 0.6 is 0 Å². The molecule has 0 spiro atoms. The van der Waals surface area contributed by atoms with Crippen LogP contribution in [0.2, 0.25) is 0 Å². The lowest BCUT2D eigenvalue weighted by molar-refractivity contribution is 0.671. The molecular weight excluding hydrogens is 222 g/mol. The zero-order valence-corrected chi connectivity index (χ0v) is 11.0. The summed E-state index contributed by atoms with van der Waals surface area (Å²) in [5, 5.41) is 3.41. The number of nitrogens with zero attached hydrogens (tertiary/aromatic N) is 2. The predicted molar refractivity (Wildman–Crippen MR) is 73.1 cm³/mol. The minimum absolute atomic E-state index is 0.803. The molecule has 3 heteroatoms. The molecule has 0 bridgehead atoms. The van der Waals surface area contributed by atoms with E-state index in [1.165, 1.54) is 11.1 Å². The van der Waals surface area contributed by atoms with Crippen LogP contribution in [0.5, 0.6) is 0 Å². The molecule has 0 amide bonds. The first-order chi connectivity index (χ1) is 8.79. The van der Waals surface area contributed by atoms with Crippen LogP contribution in [0.25, 0.3) is 0 Å². The number of nitrogens with one attached hydrogen (secondary N) is 1. The van der Waals surface area contributed by atoms with Gasteiger partial charge < -0.3 is 5.32 Å². The smallest absolute Gasteiger partial charge is 0.0573 e. The zero-order chi connectivity index (χ0) is 12.8. The van der Waals surface area contributed by atoms with Gasteiger partial charge in [-0.2, -0.15) is 0 Å². The van der Waals surface area contributed by atoms with E-state index in [-0.39, 0.29) is 0 Å². The fraction of sp³-hybridized carbons (Fsp3) is 0.333. The molecule has 2 aromatic heterocycles. The van der Waals surface area contributed by atoms with Crippen LogP contribution in [0.1, 0.15) is 29.4 Å². The fourth-order valence-corrected chi connectivity index (χ4v) is 1.88. The van der Waals surface area contributed by atoms with Crippen molar-refractivity contribution in [2.75, 3.05) is 0 Å². The third-order valence-corrected chi connectivity index (χ3v) is 2.96. The van der Waals surface area contributed by atoms with Crippen molar-refractivity contribution in [2.45, 2.75) is 33.4 Å². The van der Waals surface area contributed by atoms with Gasteiger partial charge in [0.15, 0.2) is 0 Å². The molecule has 0 aliphatic heterocycles. The van der Waals surface area contributed by atoms with E-state index in [1.54, 1.807) is 0 Å². The maximum absolute atomic E-state index is 4.42. The quantitative estimate of drug-likeness (QED) is 0.874. The van der Waals surface area contributed by atoms with E-state index in [9.17, 15) is 0 Å². The summed E-state index contributed by atoms with van der Waals surface area (Å²) in [4.78, 5) is 8.70. The number of aryl methyl sites for hydroxylation is 2. The topological polar surface area (TPSA) is 37.8 Å². The van der Waals surface area contributed by atoms with Gasteiger partial charge in [-0.25, -0.2) is 0 Å². The van der Waals surface area contributed by atoms with Gasteiger partial charge in [0.05, 0.1) is 5.69 Å². The van der Waals surface area contributed by atoms with Crippen molar-refractivity contribution >= 4 is 0 Å². The monoisotopic (exact) mass is 241 g/mol.